The van der Waals surface area contributed by atoms with Crippen molar-refractivity contribution in [2.75, 3.05) is 96.7 Å². The second kappa shape index (κ2) is 27.5. The summed E-state index contributed by atoms with van der Waals surface area (Å²) < 4.78 is 30.6. The summed E-state index contributed by atoms with van der Waals surface area (Å²) in [7, 11) is 2.08. The van der Waals surface area contributed by atoms with Gasteiger partial charge in [0, 0.05) is 53.1 Å². The number of halogens is 1. The van der Waals surface area contributed by atoms with E-state index in [1.165, 1.54) is 28.6 Å². The number of aryl methyl sites for hydroxylation is 2. The number of hydrogen-bond donors (Lipinski definition) is 4. The standard InChI is InChI=1S/C46H66ClN9O7S/c1-54(18-5-4-16-48)19-6-7-20-56-41-15-14-39(30-36(41)11-10-35-12-13-37(47)31-42(35)56)63-29-28-62-33-38-32-55(53-52-38)21-23-60-25-27-61-26-24-59-22-17-49-44(57)9-3-2-8-43-45-40(34-64-43)50-46(58)51-45/h4-5,12-15,30-32,40,43-45,49,57H,2-3,6-11,17-29,33-34H2,1H3,(H2,50,51,58)/b5-4+/t40-,43-,44?,45-/m0/s1. The van der Waals surface area contributed by atoms with Crippen LogP contribution < -0.4 is 25.6 Å². The number of aliphatic hydroxyl groups is 1. The van der Waals surface area contributed by atoms with Crippen molar-refractivity contribution in [2.24, 2.45) is 0 Å². The van der Waals surface area contributed by atoms with Crippen molar-refractivity contribution in [3.8, 4) is 11.8 Å². The van der Waals surface area contributed by atoms with Crippen LogP contribution in [0.15, 0.2) is 54.7 Å². The third kappa shape index (κ3) is 16.5. The number of unbranched alkanes of at least 4 members (excludes halogenated alkanes) is 2. The second-order valence-corrected chi connectivity index (χ2v) is 18.0. The molecule has 2 saturated heterocycles. The molecule has 0 saturated carbocycles. The first-order valence-electron chi connectivity index (χ1n) is 22.7. The maximum atomic E-state index is 11.5. The molecule has 0 spiro atoms. The first-order chi connectivity index (χ1) is 31.4. The predicted molar refractivity (Wildman–Crippen MR) is 249 cm³/mol. The molecule has 350 valence electrons. The van der Waals surface area contributed by atoms with Gasteiger partial charge in [-0.15, -0.1) is 5.10 Å². The highest BCUT2D eigenvalue weighted by Crippen LogP contribution is 2.39. The van der Waals surface area contributed by atoms with Crippen molar-refractivity contribution in [2.45, 2.75) is 88.1 Å². The minimum atomic E-state index is -0.546. The molecule has 4 N–H and O–H groups in total. The van der Waals surface area contributed by atoms with E-state index in [2.05, 4.69) is 73.4 Å². The van der Waals surface area contributed by atoms with E-state index in [4.69, 9.17) is 40.5 Å². The number of anilines is 2. The van der Waals surface area contributed by atoms with Crippen molar-refractivity contribution >= 4 is 40.8 Å². The van der Waals surface area contributed by atoms with Crippen LogP contribution in [-0.2, 0) is 44.9 Å². The van der Waals surface area contributed by atoms with Gasteiger partial charge in [0.1, 0.15) is 24.3 Å². The zero-order chi connectivity index (χ0) is 44.8. The molecule has 2 fully saturated rings. The van der Waals surface area contributed by atoms with E-state index in [0.717, 1.165) is 86.8 Å². The van der Waals surface area contributed by atoms with Crippen molar-refractivity contribution < 1.29 is 33.6 Å². The molecule has 6 rings (SSSR count). The monoisotopic (exact) mass is 923 g/mol. The van der Waals surface area contributed by atoms with Gasteiger partial charge in [-0.2, -0.15) is 17.0 Å². The number of nitrogens with zero attached hydrogens (tertiary/aromatic N) is 6. The first-order valence-corrected chi connectivity index (χ1v) is 24.1. The highest BCUT2D eigenvalue weighted by molar-refractivity contribution is 8.00. The number of aliphatic hydroxyl groups excluding tert-OH is 1. The van der Waals surface area contributed by atoms with Gasteiger partial charge in [-0.1, -0.05) is 35.4 Å². The van der Waals surface area contributed by atoms with Crippen LogP contribution >= 0.6 is 23.4 Å². The number of nitrogens with one attached hydrogen (secondary N) is 3. The molecule has 2 amide bonds. The summed E-state index contributed by atoms with van der Waals surface area (Å²) >= 11 is 8.42. The Kier molecular flexibility index (Phi) is 21.3. The topological polar surface area (TPSA) is 181 Å². The highest BCUT2D eigenvalue weighted by atomic mass is 35.5. The third-order valence-corrected chi connectivity index (χ3v) is 13.2. The number of carbonyl (C=O) groups is 1. The van der Waals surface area contributed by atoms with Gasteiger partial charge < -0.3 is 49.2 Å². The normalized spacial score (nSPS) is 18.4. The van der Waals surface area contributed by atoms with Gasteiger partial charge in [0.25, 0.3) is 0 Å². The minimum Gasteiger partial charge on any atom is -0.491 e. The maximum absolute atomic E-state index is 11.5. The van der Waals surface area contributed by atoms with Crippen LogP contribution in [-0.4, -0.2) is 146 Å². The molecule has 3 aliphatic rings. The molecule has 0 bridgehead atoms. The van der Waals surface area contributed by atoms with Gasteiger partial charge in [-0.3, -0.25) is 5.32 Å². The summed E-state index contributed by atoms with van der Waals surface area (Å²) in [5.41, 5.74) is 5.64. The minimum absolute atomic E-state index is 0.0487. The highest BCUT2D eigenvalue weighted by Gasteiger charge is 2.42. The lowest BCUT2D eigenvalue weighted by atomic mass is 10.0. The Hall–Kier alpha value is -3.96. The van der Waals surface area contributed by atoms with Crippen molar-refractivity contribution in [1.82, 2.24) is 35.8 Å². The zero-order valence-electron chi connectivity index (χ0n) is 37.1. The second-order valence-electron chi connectivity index (χ2n) is 16.3. The van der Waals surface area contributed by atoms with Gasteiger partial charge in [0.05, 0.1) is 83.7 Å². The lowest BCUT2D eigenvalue weighted by molar-refractivity contribution is 0.0111. The van der Waals surface area contributed by atoms with Crippen LogP contribution in [0.1, 0.15) is 55.3 Å². The Morgan fingerprint density at radius 2 is 1.78 bits per heavy atom. The number of thioether (sulfide) groups is 1. The molecule has 16 nitrogen and oxygen atoms in total. The molecule has 18 heteroatoms. The fourth-order valence-corrected chi connectivity index (χ4v) is 9.83. The van der Waals surface area contributed by atoms with Crippen LogP contribution in [0.2, 0.25) is 5.02 Å². The molecule has 2 aromatic carbocycles. The number of carbonyl (C=O) groups excluding carboxylic acids is 1. The quantitative estimate of drug-likeness (QED) is 0.0285. The van der Waals surface area contributed by atoms with E-state index < -0.39 is 6.23 Å². The zero-order valence-corrected chi connectivity index (χ0v) is 38.7. The van der Waals surface area contributed by atoms with E-state index >= 15 is 0 Å². The Bertz CT molecular complexity index is 1940. The molecule has 4 atom stereocenters. The van der Waals surface area contributed by atoms with Crippen molar-refractivity contribution in [3.63, 3.8) is 0 Å². The van der Waals surface area contributed by atoms with Crippen LogP contribution in [0.3, 0.4) is 0 Å². The van der Waals surface area contributed by atoms with Crippen LogP contribution in [0.4, 0.5) is 16.2 Å². The fraction of sp³-hybridized carbons (Fsp3) is 0.609. The molecule has 1 unspecified atom stereocenters. The molecule has 1 aromatic heterocycles. The Morgan fingerprint density at radius 1 is 0.969 bits per heavy atom. The van der Waals surface area contributed by atoms with Gasteiger partial charge >= 0.3 is 6.03 Å². The van der Waals surface area contributed by atoms with E-state index in [9.17, 15) is 9.90 Å². The third-order valence-electron chi connectivity index (χ3n) is 11.4. The number of fused-ring (bicyclic) bond motifs is 3. The number of benzene rings is 2. The van der Waals surface area contributed by atoms with Gasteiger partial charge in [-0.25, -0.2) is 9.48 Å². The van der Waals surface area contributed by atoms with Crippen molar-refractivity contribution in [3.05, 3.63) is 76.6 Å². The molecule has 64 heavy (non-hydrogen) atoms. The first kappa shape index (κ1) is 49.5. The maximum Gasteiger partial charge on any atom is 0.315 e. The Labute approximate surface area is 387 Å². The van der Waals surface area contributed by atoms with Crippen LogP contribution in [0, 0.1) is 11.3 Å². The molecule has 0 radical (unpaired) electrons. The molecular weight excluding hydrogens is 858 g/mol. The summed E-state index contributed by atoms with van der Waals surface area (Å²) in [6, 6.07) is 15.0. The van der Waals surface area contributed by atoms with E-state index in [-0.39, 0.29) is 18.1 Å². The number of likely N-dealkylation sites (N-methyl/N-ethyl adjacent to an activating group) is 1. The Balaban J connectivity index is 0.761. The molecule has 3 aromatic rings. The van der Waals surface area contributed by atoms with E-state index in [1.54, 1.807) is 4.68 Å². The Morgan fingerprint density at radius 3 is 2.64 bits per heavy atom. The average Bonchev–Trinajstić information content (AvgIpc) is 3.98. The van der Waals surface area contributed by atoms with Gasteiger partial charge in [-0.05, 0) is 100.0 Å². The van der Waals surface area contributed by atoms with Crippen LogP contribution in [0.5, 0.6) is 5.75 Å². The SMILES string of the molecule is CN(C/C=C/C#N)CCCCN1c2ccc(OCCOCc3cn(CCOCCOCCOCCNC(O)CCCC[C@@H]4SC[C@@H]5NC(=O)N[C@@H]54)nn3)cc2CCc2ccc(Cl)cc21. The number of nitriles is 1. The largest absolute Gasteiger partial charge is 0.491 e. The average molecular weight is 925 g/mol. The predicted octanol–water partition coefficient (Wildman–Crippen LogP) is 5.24. The molecule has 4 heterocycles. The van der Waals surface area contributed by atoms with Gasteiger partial charge in [0.2, 0.25) is 0 Å². The summed E-state index contributed by atoms with van der Waals surface area (Å²) in [4.78, 5) is 16.2. The van der Waals surface area contributed by atoms with Crippen LogP contribution in [0.25, 0.3) is 0 Å². The van der Waals surface area contributed by atoms with E-state index in [1.807, 2.05) is 36.2 Å². The number of hydrogen-bond acceptors (Lipinski definition) is 14. The number of urea groups is 1. The molecular formula is C46H66ClN9O7S. The number of aromatic nitrogens is 3. The number of rotatable bonds is 31. The summed E-state index contributed by atoms with van der Waals surface area (Å²) in [6.45, 7) is 7.79. The lowest BCUT2D eigenvalue weighted by Crippen LogP contribution is -2.36. The van der Waals surface area contributed by atoms with Crippen molar-refractivity contribution in [1.29, 1.82) is 5.26 Å². The summed E-state index contributed by atoms with van der Waals surface area (Å²) in [5.74, 6) is 1.79. The number of amides is 2. The number of ether oxygens (including phenoxy) is 5. The summed E-state index contributed by atoms with van der Waals surface area (Å²) in [5, 5.41) is 37.7. The van der Waals surface area contributed by atoms with E-state index in [0.29, 0.717) is 84.2 Å². The molecule has 3 aliphatic heterocycles. The van der Waals surface area contributed by atoms with Gasteiger partial charge in [0.15, 0.2) is 0 Å². The molecule has 0 aliphatic carbocycles. The number of allylic oxidation sites excluding steroid dienone is 1. The lowest BCUT2D eigenvalue weighted by Gasteiger charge is -2.28. The fourth-order valence-electron chi connectivity index (χ4n) is 8.12. The summed E-state index contributed by atoms with van der Waals surface area (Å²) in [6.07, 6.45) is 12.3. The smallest absolute Gasteiger partial charge is 0.315 e.